The lowest BCUT2D eigenvalue weighted by atomic mass is 9.92. The van der Waals surface area contributed by atoms with Crippen LogP contribution < -0.4 is 5.32 Å². The van der Waals surface area contributed by atoms with Crippen LogP contribution in [0.5, 0.6) is 0 Å². The number of halogens is 1. The highest BCUT2D eigenvalue weighted by Crippen LogP contribution is 2.51. The molecule has 0 spiro atoms. The van der Waals surface area contributed by atoms with Gasteiger partial charge < -0.3 is 5.32 Å². The van der Waals surface area contributed by atoms with E-state index in [0.29, 0.717) is 5.41 Å². The van der Waals surface area contributed by atoms with Crippen molar-refractivity contribution in [3.05, 3.63) is 40.5 Å². The number of aromatic nitrogens is 1. The van der Waals surface area contributed by atoms with Crippen molar-refractivity contribution in [3.8, 4) is 0 Å². The predicted octanol–water partition coefficient (Wildman–Crippen LogP) is 4.52. The SMILES string of the molecule is CC(C)C1(CNCc2ccc(Br)c3cccnc23)CC1. The van der Waals surface area contributed by atoms with Gasteiger partial charge in [-0.3, -0.25) is 4.98 Å². The molecule has 3 heteroatoms. The number of hydrogen-bond donors (Lipinski definition) is 1. The number of benzene rings is 1. The van der Waals surface area contributed by atoms with Gasteiger partial charge in [-0.05, 0) is 41.9 Å². The third-order valence-electron chi connectivity index (χ3n) is 4.71. The molecular formula is C17H21BrN2. The Labute approximate surface area is 129 Å². The van der Waals surface area contributed by atoms with Crippen molar-refractivity contribution in [2.45, 2.75) is 33.2 Å². The van der Waals surface area contributed by atoms with E-state index in [0.717, 1.165) is 29.0 Å². The lowest BCUT2D eigenvalue weighted by Gasteiger charge is -2.20. The zero-order valence-electron chi connectivity index (χ0n) is 12.1. The molecule has 2 aromatic rings. The minimum Gasteiger partial charge on any atom is -0.312 e. The van der Waals surface area contributed by atoms with Crippen molar-refractivity contribution in [1.29, 1.82) is 0 Å². The Hall–Kier alpha value is -0.930. The average Bonchev–Trinajstić information content (AvgIpc) is 3.23. The van der Waals surface area contributed by atoms with Gasteiger partial charge in [0.1, 0.15) is 0 Å². The summed E-state index contributed by atoms with van der Waals surface area (Å²) in [6, 6.07) is 8.40. The first kappa shape index (κ1) is 14.0. The second-order valence-corrected chi connectivity index (χ2v) is 7.08. The zero-order valence-corrected chi connectivity index (χ0v) is 13.7. The summed E-state index contributed by atoms with van der Waals surface area (Å²) in [5.41, 5.74) is 2.94. The van der Waals surface area contributed by atoms with Gasteiger partial charge >= 0.3 is 0 Å². The average molecular weight is 333 g/mol. The molecule has 1 N–H and O–H groups in total. The summed E-state index contributed by atoms with van der Waals surface area (Å²) in [4.78, 5) is 4.54. The molecule has 0 bridgehead atoms. The quantitative estimate of drug-likeness (QED) is 0.870. The van der Waals surface area contributed by atoms with Crippen LogP contribution in [0.15, 0.2) is 34.9 Å². The molecule has 0 radical (unpaired) electrons. The van der Waals surface area contributed by atoms with Crippen molar-refractivity contribution >= 4 is 26.8 Å². The normalized spacial score (nSPS) is 16.8. The summed E-state index contributed by atoms with van der Waals surface area (Å²) in [7, 11) is 0. The highest BCUT2D eigenvalue weighted by Gasteiger charge is 2.44. The smallest absolute Gasteiger partial charge is 0.0758 e. The molecule has 1 saturated carbocycles. The number of hydrogen-bond acceptors (Lipinski definition) is 2. The third kappa shape index (κ3) is 2.61. The van der Waals surface area contributed by atoms with Gasteiger partial charge in [0.05, 0.1) is 5.52 Å². The molecule has 1 aliphatic rings. The molecular weight excluding hydrogens is 312 g/mol. The van der Waals surface area contributed by atoms with E-state index in [2.05, 4.69) is 58.3 Å². The fourth-order valence-corrected chi connectivity index (χ4v) is 3.36. The van der Waals surface area contributed by atoms with Gasteiger partial charge in [0.2, 0.25) is 0 Å². The van der Waals surface area contributed by atoms with E-state index in [1.165, 1.54) is 23.8 Å². The molecule has 0 atom stereocenters. The maximum atomic E-state index is 4.54. The van der Waals surface area contributed by atoms with Crippen LogP contribution in [0.4, 0.5) is 0 Å². The van der Waals surface area contributed by atoms with Crippen molar-refractivity contribution < 1.29 is 0 Å². The molecule has 0 aliphatic heterocycles. The topological polar surface area (TPSA) is 24.9 Å². The number of nitrogens with one attached hydrogen (secondary N) is 1. The number of fused-ring (bicyclic) bond motifs is 1. The number of nitrogens with zero attached hydrogens (tertiary/aromatic N) is 1. The van der Waals surface area contributed by atoms with Crippen molar-refractivity contribution in [2.24, 2.45) is 11.3 Å². The third-order valence-corrected chi connectivity index (χ3v) is 5.40. The molecule has 0 saturated heterocycles. The minimum absolute atomic E-state index is 0.554. The minimum atomic E-state index is 0.554. The summed E-state index contributed by atoms with van der Waals surface area (Å²) in [6.45, 7) is 6.70. The molecule has 1 fully saturated rings. The fraction of sp³-hybridized carbons (Fsp3) is 0.471. The van der Waals surface area contributed by atoms with Gasteiger partial charge in [0, 0.05) is 29.1 Å². The van der Waals surface area contributed by atoms with Crippen molar-refractivity contribution in [2.75, 3.05) is 6.54 Å². The van der Waals surface area contributed by atoms with E-state index in [1.807, 2.05) is 12.3 Å². The molecule has 20 heavy (non-hydrogen) atoms. The highest BCUT2D eigenvalue weighted by molar-refractivity contribution is 9.10. The molecule has 2 nitrogen and oxygen atoms in total. The number of rotatable bonds is 5. The maximum absolute atomic E-state index is 4.54. The molecule has 0 amide bonds. The van der Waals surface area contributed by atoms with Crippen LogP contribution >= 0.6 is 15.9 Å². The molecule has 1 aromatic carbocycles. The molecule has 0 unspecified atom stereocenters. The molecule has 1 heterocycles. The van der Waals surface area contributed by atoms with Gasteiger partial charge in [0.25, 0.3) is 0 Å². The first-order valence-electron chi connectivity index (χ1n) is 7.35. The summed E-state index contributed by atoms with van der Waals surface area (Å²) < 4.78 is 1.12. The van der Waals surface area contributed by atoms with Gasteiger partial charge in [-0.25, -0.2) is 0 Å². The Bertz CT molecular complexity index is 617. The zero-order chi connectivity index (χ0) is 14.2. The Morgan fingerprint density at radius 1 is 1.30 bits per heavy atom. The largest absolute Gasteiger partial charge is 0.312 e. The Balaban J connectivity index is 1.74. The van der Waals surface area contributed by atoms with Crippen LogP contribution in [0.25, 0.3) is 10.9 Å². The summed E-state index contributed by atoms with van der Waals surface area (Å²) in [6.07, 6.45) is 4.61. The first-order valence-corrected chi connectivity index (χ1v) is 8.14. The van der Waals surface area contributed by atoms with Crippen molar-refractivity contribution in [3.63, 3.8) is 0 Å². The Morgan fingerprint density at radius 3 is 2.80 bits per heavy atom. The second kappa shape index (κ2) is 5.45. The number of pyridine rings is 1. The van der Waals surface area contributed by atoms with E-state index in [1.54, 1.807) is 0 Å². The monoisotopic (exact) mass is 332 g/mol. The summed E-state index contributed by atoms with van der Waals surface area (Å²) in [5, 5.41) is 4.83. The molecule has 106 valence electrons. The van der Waals surface area contributed by atoms with Crippen LogP contribution in [-0.4, -0.2) is 11.5 Å². The van der Waals surface area contributed by atoms with Crippen LogP contribution in [0.3, 0.4) is 0 Å². The van der Waals surface area contributed by atoms with Crippen LogP contribution in [0.2, 0.25) is 0 Å². The molecule has 1 aromatic heterocycles. The van der Waals surface area contributed by atoms with E-state index < -0.39 is 0 Å². The van der Waals surface area contributed by atoms with Crippen LogP contribution in [0, 0.1) is 11.3 Å². The first-order chi connectivity index (χ1) is 9.62. The molecule has 3 rings (SSSR count). The predicted molar refractivity (Wildman–Crippen MR) is 87.7 cm³/mol. The summed E-state index contributed by atoms with van der Waals surface area (Å²) >= 11 is 3.60. The van der Waals surface area contributed by atoms with Crippen LogP contribution in [-0.2, 0) is 6.54 Å². The second-order valence-electron chi connectivity index (χ2n) is 6.23. The van der Waals surface area contributed by atoms with Crippen molar-refractivity contribution in [1.82, 2.24) is 10.3 Å². The van der Waals surface area contributed by atoms with Gasteiger partial charge in [0.15, 0.2) is 0 Å². The Morgan fingerprint density at radius 2 is 2.10 bits per heavy atom. The molecule has 1 aliphatic carbocycles. The van der Waals surface area contributed by atoms with E-state index >= 15 is 0 Å². The van der Waals surface area contributed by atoms with E-state index in [4.69, 9.17) is 0 Å². The maximum Gasteiger partial charge on any atom is 0.0758 e. The summed E-state index contributed by atoms with van der Waals surface area (Å²) in [5.74, 6) is 0.773. The van der Waals surface area contributed by atoms with Gasteiger partial charge in [-0.15, -0.1) is 0 Å². The fourth-order valence-electron chi connectivity index (χ4n) is 2.90. The van der Waals surface area contributed by atoms with Crippen LogP contribution in [0.1, 0.15) is 32.3 Å². The van der Waals surface area contributed by atoms with E-state index in [-0.39, 0.29) is 0 Å². The standard InChI is InChI=1S/C17H21BrN2/c1-12(2)17(7-8-17)11-19-10-13-5-6-15(18)14-4-3-9-20-16(13)14/h3-6,9,12,19H,7-8,10-11H2,1-2H3. The van der Waals surface area contributed by atoms with Gasteiger partial charge in [-0.1, -0.05) is 41.9 Å². The van der Waals surface area contributed by atoms with Gasteiger partial charge in [-0.2, -0.15) is 0 Å². The lowest BCUT2D eigenvalue weighted by molar-refractivity contribution is 0.338. The van der Waals surface area contributed by atoms with E-state index in [9.17, 15) is 0 Å². The Kier molecular flexibility index (Phi) is 3.83. The highest BCUT2D eigenvalue weighted by atomic mass is 79.9. The lowest BCUT2D eigenvalue weighted by Crippen LogP contribution is -2.27.